The number of hydrogen-bond donors (Lipinski definition) is 2. The molecule has 0 spiro atoms. The van der Waals surface area contributed by atoms with Crippen molar-refractivity contribution < 1.29 is 9.53 Å². The largest absolute Gasteiger partial charge is 0.489 e. The summed E-state index contributed by atoms with van der Waals surface area (Å²) in [5.41, 5.74) is 6.63. The van der Waals surface area contributed by atoms with Crippen molar-refractivity contribution >= 4 is 6.03 Å². The van der Waals surface area contributed by atoms with E-state index in [0.717, 1.165) is 28.0 Å². The number of benzene rings is 4. The highest BCUT2D eigenvalue weighted by atomic mass is 16.5. The molecule has 4 aromatic carbocycles. The van der Waals surface area contributed by atoms with E-state index in [1.807, 2.05) is 78.9 Å². The molecule has 0 radical (unpaired) electrons. The molecule has 158 valence electrons. The summed E-state index contributed by atoms with van der Waals surface area (Å²) in [5.74, 6) is 0.771. The Balaban J connectivity index is 1.25. The molecule has 1 aliphatic carbocycles. The van der Waals surface area contributed by atoms with Crippen LogP contribution < -0.4 is 15.4 Å². The lowest BCUT2D eigenvalue weighted by molar-refractivity contribution is 0.238. The molecule has 0 aromatic heterocycles. The zero-order chi connectivity index (χ0) is 21.8. The number of ether oxygens (including phenoxy) is 1. The quantitative estimate of drug-likeness (QED) is 0.412. The van der Waals surface area contributed by atoms with Gasteiger partial charge in [-0.25, -0.2) is 4.79 Å². The summed E-state index contributed by atoms with van der Waals surface area (Å²) in [6.07, 6.45) is 0. The first-order chi connectivity index (χ1) is 15.8. The molecule has 0 atom stereocenters. The van der Waals surface area contributed by atoms with Crippen molar-refractivity contribution in [1.82, 2.24) is 10.6 Å². The Morgan fingerprint density at radius 1 is 0.719 bits per heavy atom. The summed E-state index contributed by atoms with van der Waals surface area (Å²) in [6, 6.07) is 33.9. The Morgan fingerprint density at radius 3 is 2.03 bits per heavy atom. The van der Waals surface area contributed by atoms with Crippen LogP contribution in [0, 0.1) is 0 Å². The minimum atomic E-state index is -0.209. The monoisotopic (exact) mass is 420 g/mol. The van der Waals surface area contributed by atoms with Crippen molar-refractivity contribution in [2.24, 2.45) is 0 Å². The maximum absolute atomic E-state index is 12.8. The molecule has 2 amide bonds. The predicted molar refractivity (Wildman–Crippen MR) is 126 cm³/mol. The van der Waals surface area contributed by atoms with Crippen LogP contribution >= 0.6 is 0 Å². The third-order valence-corrected chi connectivity index (χ3v) is 5.76. The van der Waals surface area contributed by atoms with Crippen molar-refractivity contribution in [3.05, 3.63) is 125 Å². The van der Waals surface area contributed by atoms with Crippen LogP contribution in [0.5, 0.6) is 5.75 Å². The highest BCUT2D eigenvalue weighted by Gasteiger charge is 2.29. The summed E-state index contributed by atoms with van der Waals surface area (Å²) >= 11 is 0. The van der Waals surface area contributed by atoms with Gasteiger partial charge in [0.1, 0.15) is 12.4 Å². The fraction of sp³-hybridized carbons (Fsp3) is 0.107. The van der Waals surface area contributed by atoms with E-state index in [0.29, 0.717) is 13.2 Å². The molecule has 0 bridgehead atoms. The SMILES string of the molecule is O=C(NCc1ccccc1OCc1ccccc1)NC1c2ccccc2-c2ccccc21. The number of urea groups is 1. The van der Waals surface area contributed by atoms with Crippen LogP contribution in [-0.2, 0) is 13.2 Å². The molecule has 4 nitrogen and oxygen atoms in total. The van der Waals surface area contributed by atoms with Crippen LogP contribution in [0.1, 0.15) is 28.3 Å². The Hall–Kier alpha value is -4.05. The number of amides is 2. The van der Waals surface area contributed by atoms with Crippen LogP contribution in [-0.4, -0.2) is 6.03 Å². The van der Waals surface area contributed by atoms with Crippen molar-refractivity contribution in [1.29, 1.82) is 0 Å². The Bertz CT molecular complexity index is 1190. The molecule has 0 fully saturated rings. The first-order valence-corrected chi connectivity index (χ1v) is 10.8. The van der Waals surface area contributed by atoms with Gasteiger partial charge in [-0.05, 0) is 33.9 Å². The summed E-state index contributed by atoms with van der Waals surface area (Å²) < 4.78 is 6.01. The molecule has 5 rings (SSSR count). The molecule has 4 heteroatoms. The number of carbonyl (C=O) groups excluding carboxylic acids is 1. The standard InChI is InChI=1S/C28H24N2O2/c31-28(30-27-24-15-7-5-13-22(24)23-14-6-8-16-25(23)27)29-18-21-12-4-9-17-26(21)32-19-20-10-2-1-3-11-20/h1-17,27H,18-19H2,(H2,29,30,31). The second kappa shape index (κ2) is 8.98. The Morgan fingerprint density at radius 2 is 1.31 bits per heavy atom. The first kappa shape index (κ1) is 19.9. The third kappa shape index (κ3) is 4.08. The zero-order valence-electron chi connectivity index (χ0n) is 17.6. The molecule has 0 aliphatic heterocycles. The van der Waals surface area contributed by atoms with Crippen molar-refractivity contribution in [2.45, 2.75) is 19.2 Å². The molecule has 0 saturated heterocycles. The molecular weight excluding hydrogens is 396 g/mol. The molecular formula is C28H24N2O2. The fourth-order valence-corrected chi connectivity index (χ4v) is 4.19. The number of hydrogen-bond acceptors (Lipinski definition) is 2. The van der Waals surface area contributed by atoms with Gasteiger partial charge in [0.2, 0.25) is 0 Å². The molecule has 4 aromatic rings. The predicted octanol–water partition coefficient (Wildman–Crippen LogP) is 5.83. The van der Waals surface area contributed by atoms with Crippen LogP contribution in [0.2, 0.25) is 0 Å². The highest BCUT2D eigenvalue weighted by Crippen LogP contribution is 2.42. The number of rotatable bonds is 6. The van der Waals surface area contributed by atoms with Gasteiger partial charge in [-0.15, -0.1) is 0 Å². The van der Waals surface area contributed by atoms with Gasteiger partial charge in [0, 0.05) is 12.1 Å². The lowest BCUT2D eigenvalue weighted by atomic mass is 10.1. The molecule has 32 heavy (non-hydrogen) atoms. The summed E-state index contributed by atoms with van der Waals surface area (Å²) in [6.45, 7) is 0.868. The minimum absolute atomic E-state index is 0.160. The van der Waals surface area contributed by atoms with Crippen LogP contribution in [0.15, 0.2) is 103 Å². The fourth-order valence-electron chi connectivity index (χ4n) is 4.19. The second-order valence-corrected chi connectivity index (χ2v) is 7.82. The van der Waals surface area contributed by atoms with E-state index in [2.05, 4.69) is 34.9 Å². The van der Waals surface area contributed by atoms with Gasteiger partial charge in [0.25, 0.3) is 0 Å². The molecule has 2 N–H and O–H groups in total. The minimum Gasteiger partial charge on any atom is -0.489 e. The Kier molecular flexibility index (Phi) is 5.58. The number of nitrogens with one attached hydrogen (secondary N) is 2. The van der Waals surface area contributed by atoms with Gasteiger partial charge in [-0.3, -0.25) is 0 Å². The van der Waals surface area contributed by atoms with Gasteiger partial charge >= 0.3 is 6.03 Å². The van der Waals surface area contributed by atoms with E-state index in [-0.39, 0.29) is 12.1 Å². The van der Waals surface area contributed by atoms with Crippen LogP contribution in [0.25, 0.3) is 11.1 Å². The van der Waals surface area contributed by atoms with Crippen molar-refractivity contribution in [3.8, 4) is 16.9 Å². The van der Waals surface area contributed by atoms with Crippen molar-refractivity contribution in [3.63, 3.8) is 0 Å². The maximum atomic E-state index is 12.8. The van der Waals surface area contributed by atoms with Gasteiger partial charge < -0.3 is 15.4 Å². The molecule has 0 saturated carbocycles. The van der Waals surface area contributed by atoms with Gasteiger partial charge in [0.05, 0.1) is 6.04 Å². The van der Waals surface area contributed by atoms with E-state index in [1.165, 1.54) is 11.1 Å². The van der Waals surface area contributed by atoms with Crippen LogP contribution in [0.3, 0.4) is 0 Å². The van der Waals surface area contributed by atoms with Gasteiger partial charge in [-0.2, -0.15) is 0 Å². The summed E-state index contributed by atoms with van der Waals surface area (Å²) in [5, 5.41) is 6.14. The lowest BCUT2D eigenvalue weighted by Crippen LogP contribution is -2.37. The van der Waals surface area contributed by atoms with Gasteiger partial charge in [0.15, 0.2) is 0 Å². The average molecular weight is 421 g/mol. The smallest absolute Gasteiger partial charge is 0.315 e. The summed E-state index contributed by atoms with van der Waals surface area (Å²) in [7, 11) is 0. The first-order valence-electron chi connectivity index (χ1n) is 10.8. The van der Waals surface area contributed by atoms with Crippen LogP contribution in [0.4, 0.5) is 4.79 Å². The second-order valence-electron chi connectivity index (χ2n) is 7.82. The van der Waals surface area contributed by atoms with E-state index in [1.54, 1.807) is 0 Å². The Labute approximate surface area is 187 Å². The summed E-state index contributed by atoms with van der Waals surface area (Å²) in [4.78, 5) is 12.8. The zero-order valence-corrected chi connectivity index (χ0v) is 17.6. The number of para-hydroxylation sites is 1. The van der Waals surface area contributed by atoms with E-state index < -0.39 is 0 Å². The number of carbonyl (C=O) groups is 1. The molecule has 1 aliphatic rings. The topological polar surface area (TPSA) is 50.4 Å². The normalized spacial score (nSPS) is 12.0. The maximum Gasteiger partial charge on any atom is 0.315 e. The highest BCUT2D eigenvalue weighted by molar-refractivity contribution is 5.82. The number of fused-ring (bicyclic) bond motifs is 3. The molecule has 0 unspecified atom stereocenters. The van der Waals surface area contributed by atoms with Crippen molar-refractivity contribution in [2.75, 3.05) is 0 Å². The molecule has 0 heterocycles. The third-order valence-electron chi connectivity index (χ3n) is 5.76. The van der Waals surface area contributed by atoms with Gasteiger partial charge in [-0.1, -0.05) is 97.1 Å². The van der Waals surface area contributed by atoms with E-state index in [4.69, 9.17) is 4.74 Å². The van der Waals surface area contributed by atoms with E-state index in [9.17, 15) is 4.79 Å². The lowest BCUT2D eigenvalue weighted by Gasteiger charge is -2.17. The van der Waals surface area contributed by atoms with E-state index >= 15 is 0 Å². The average Bonchev–Trinajstić information content (AvgIpc) is 3.16.